The molecule has 2 aromatic heterocycles. The molecule has 1 aliphatic rings. The molecule has 1 saturated heterocycles. The molecule has 3 heterocycles. The Morgan fingerprint density at radius 2 is 1.66 bits per heavy atom. The van der Waals surface area contributed by atoms with E-state index >= 15 is 0 Å². The summed E-state index contributed by atoms with van der Waals surface area (Å²) in [6.07, 6.45) is 2.17. The van der Waals surface area contributed by atoms with Crippen LogP contribution in [0.4, 0.5) is 17.2 Å². The van der Waals surface area contributed by atoms with Gasteiger partial charge in [-0.1, -0.05) is 20.8 Å². The molecule has 0 bridgehead atoms. The van der Waals surface area contributed by atoms with E-state index in [0.717, 1.165) is 43.2 Å². The van der Waals surface area contributed by atoms with Gasteiger partial charge in [0, 0.05) is 50.0 Å². The zero-order valence-corrected chi connectivity index (χ0v) is 18.1. The lowest BCUT2D eigenvalue weighted by atomic mass is 9.96. The number of hydrogen-bond donors (Lipinski definition) is 1. The van der Waals surface area contributed by atoms with Crippen molar-refractivity contribution in [1.29, 1.82) is 0 Å². The van der Waals surface area contributed by atoms with E-state index in [1.54, 1.807) is 0 Å². The Balaban J connectivity index is 1.40. The molecule has 0 spiro atoms. The number of rotatable bonds is 4. The van der Waals surface area contributed by atoms with Crippen LogP contribution in [0.2, 0.25) is 0 Å². The average Bonchev–Trinajstić information content (AvgIpc) is 3.12. The highest BCUT2D eigenvalue weighted by Gasteiger charge is 2.23. The molecule has 4 rings (SSSR count). The maximum absolute atomic E-state index is 4.76. The van der Waals surface area contributed by atoms with E-state index in [9.17, 15) is 0 Å². The second kappa shape index (κ2) is 7.54. The first kappa shape index (κ1) is 19.5. The minimum Gasteiger partial charge on any atom is -0.378 e. The van der Waals surface area contributed by atoms with Gasteiger partial charge in [0.15, 0.2) is 11.5 Å². The molecule has 7 nitrogen and oxygen atoms in total. The maximum Gasteiger partial charge on any atom is 0.178 e. The second-order valence-corrected chi connectivity index (χ2v) is 9.08. The lowest BCUT2D eigenvalue weighted by molar-refractivity contribution is 0.518. The van der Waals surface area contributed by atoms with E-state index in [0.29, 0.717) is 6.04 Å². The van der Waals surface area contributed by atoms with Crippen molar-refractivity contribution in [3.63, 3.8) is 0 Å². The Labute approximate surface area is 172 Å². The molecular weight excluding hydrogens is 362 g/mol. The number of piperidine rings is 1. The smallest absolute Gasteiger partial charge is 0.178 e. The summed E-state index contributed by atoms with van der Waals surface area (Å²) >= 11 is 0. The number of hydrogen-bond acceptors (Lipinski definition) is 6. The molecule has 0 aliphatic carbocycles. The zero-order chi connectivity index (χ0) is 20.6. The van der Waals surface area contributed by atoms with Crippen molar-refractivity contribution in [3.05, 3.63) is 42.2 Å². The Hall–Kier alpha value is -2.83. The zero-order valence-electron chi connectivity index (χ0n) is 18.1. The minimum atomic E-state index is -0.0987. The van der Waals surface area contributed by atoms with Crippen LogP contribution in [-0.2, 0) is 5.41 Å². The summed E-state index contributed by atoms with van der Waals surface area (Å²) in [6.45, 7) is 8.48. The van der Waals surface area contributed by atoms with Gasteiger partial charge in [-0.25, -0.2) is 0 Å². The third kappa shape index (κ3) is 4.13. The molecule has 1 aliphatic heterocycles. The fourth-order valence-electron chi connectivity index (χ4n) is 3.79. The van der Waals surface area contributed by atoms with E-state index in [1.165, 1.54) is 11.4 Å². The number of nitrogens with zero attached hydrogens (tertiary/aromatic N) is 6. The lowest BCUT2D eigenvalue weighted by Gasteiger charge is -2.34. The van der Waals surface area contributed by atoms with Gasteiger partial charge in [-0.2, -0.15) is 4.52 Å². The highest BCUT2D eigenvalue weighted by atomic mass is 15.4. The van der Waals surface area contributed by atoms with Crippen LogP contribution in [0.15, 0.2) is 36.4 Å². The number of fused-ring (bicyclic) bond motifs is 1. The Morgan fingerprint density at radius 1 is 0.966 bits per heavy atom. The fraction of sp³-hybridized carbons (Fsp3) is 0.500. The summed E-state index contributed by atoms with van der Waals surface area (Å²) in [6, 6.07) is 13.2. The molecule has 7 heteroatoms. The Morgan fingerprint density at radius 3 is 2.28 bits per heavy atom. The molecule has 0 amide bonds. The van der Waals surface area contributed by atoms with Crippen LogP contribution < -0.4 is 15.1 Å². The normalized spacial score (nSPS) is 15.7. The molecule has 3 aromatic rings. The van der Waals surface area contributed by atoms with Gasteiger partial charge in [0.25, 0.3) is 0 Å². The van der Waals surface area contributed by atoms with E-state index in [-0.39, 0.29) is 5.41 Å². The van der Waals surface area contributed by atoms with Crippen molar-refractivity contribution in [2.75, 3.05) is 42.3 Å². The van der Waals surface area contributed by atoms with Crippen molar-refractivity contribution >= 4 is 22.8 Å². The van der Waals surface area contributed by atoms with Gasteiger partial charge in [0.1, 0.15) is 5.82 Å². The summed E-state index contributed by atoms with van der Waals surface area (Å²) in [5.74, 6) is 1.77. The van der Waals surface area contributed by atoms with Crippen LogP contribution in [0, 0.1) is 0 Å². The highest BCUT2D eigenvalue weighted by Crippen LogP contribution is 2.25. The van der Waals surface area contributed by atoms with Gasteiger partial charge in [-0.3, -0.25) is 0 Å². The SMILES string of the molecule is CN(C)c1ccc(N2CCC(Nc3ccc4nnc(C(C)(C)C)n4n3)CC2)cc1. The number of anilines is 3. The van der Waals surface area contributed by atoms with Crippen LogP contribution >= 0.6 is 0 Å². The van der Waals surface area contributed by atoms with Crippen molar-refractivity contribution in [3.8, 4) is 0 Å². The van der Waals surface area contributed by atoms with Gasteiger partial charge >= 0.3 is 0 Å². The number of benzene rings is 1. The van der Waals surface area contributed by atoms with Crippen LogP contribution in [-0.4, -0.2) is 53.0 Å². The number of aromatic nitrogens is 4. The standard InChI is InChI=1S/C22H31N7/c1-22(2,3)21-25-24-20-11-10-19(26-29(20)21)23-16-12-14-28(15-13-16)18-8-6-17(7-9-18)27(4)5/h6-11,16H,12-15H2,1-5H3,(H,23,26). The van der Waals surface area contributed by atoms with Crippen LogP contribution in [0.5, 0.6) is 0 Å². The van der Waals surface area contributed by atoms with Crippen LogP contribution in [0.3, 0.4) is 0 Å². The molecule has 0 atom stereocenters. The van der Waals surface area contributed by atoms with Crippen LogP contribution in [0.1, 0.15) is 39.4 Å². The van der Waals surface area contributed by atoms with Crippen molar-refractivity contribution in [2.24, 2.45) is 0 Å². The summed E-state index contributed by atoms with van der Waals surface area (Å²) < 4.78 is 1.86. The number of nitrogens with one attached hydrogen (secondary N) is 1. The first-order valence-electron chi connectivity index (χ1n) is 10.3. The van der Waals surface area contributed by atoms with E-state index < -0.39 is 0 Å². The molecule has 154 valence electrons. The third-order valence-corrected chi connectivity index (χ3v) is 5.51. The topological polar surface area (TPSA) is 61.6 Å². The highest BCUT2D eigenvalue weighted by molar-refractivity contribution is 5.56. The minimum absolute atomic E-state index is 0.0987. The van der Waals surface area contributed by atoms with Crippen LogP contribution in [0.25, 0.3) is 5.65 Å². The second-order valence-electron chi connectivity index (χ2n) is 9.08. The van der Waals surface area contributed by atoms with Crippen molar-refractivity contribution < 1.29 is 0 Å². The molecule has 1 N–H and O–H groups in total. The largest absolute Gasteiger partial charge is 0.378 e. The maximum atomic E-state index is 4.76. The Bertz CT molecular complexity index is 961. The first-order valence-corrected chi connectivity index (χ1v) is 10.3. The van der Waals surface area contributed by atoms with E-state index in [1.807, 2.05) is 16.6 Å². The fourth-order valence-corrected chi connectivity index (χ4v) is 3.79. The average molecular weight is 394 g/mol. The molecule has 1 fully saturated rings. The molecular formula is C22H31N7. The van der Waals surface area contributed by atoms with Gasteiger partial charge < -0.3 is 15.1 Å². The molecule has 29 heavy (non-hydrogen) atoms. The Kier molecular flexibility index (Phi) is 5.06. The summed E-state index contributed by atoms with van der Waals surface area (Å²) in [5, 5.41) is 17.0. The lowest BCUT2D eigenvalue weighted by Crippen LogP contribution is -2.39. The predicted molar refractivity (Wildman–Crippen MR) is 119 cm³/mol. The van der Waals surface area contributed by atoms with E-state index in [2.05, 4.69) is 84.4 Å². The van der Waals surface area contributed by atoms with E-state index in [4.69, 9.17) is 5.10 Å². The van der Waals surface area contributed by atoms with Gasteiger partial charge in [-0.15, -0.1) is 15.3 Å². The first-order chi connectivity index (χ1) is 13.8. The van der Waals surface area contributed by atoms with Gasteiger partial charge in [0.05, 0.1) is 0 Å². The van der Waals surface area contributed by atoms with Crippen molar-refractivity contribution in [1.82, 2.24) is 19.8 Å². The third-order valence-electron chi connectivity index (χ3n) is 5.51. The molecule has 0 saturated carbocycles. The predicted octanol–water partition coefficient (Wildman–Crippen LogP) is 3.57. The summed E-state index contributed by atoms with van der Waals surface area (Å²) in [4.78, 5) is 4.59. The quantitative estimate of drug-likeness (QED) is 0.731. The molecule has 0 unspecified atom stereocenters. The van der Waals surface area contributed by atoms with Crippen molar-refractivity contribution in [2.45, 2.75) is 45.1 Å². The summed E-state index contributed by atoms with van der Waals surface area (Å²) in [5.41, 5.74) is 3.22. The van der Waals surface area contributed by atoms with Gasteiger partial charge in [-0.05, 0) is 49.2 Å². The molecule has 0 radical (unpaired) electrons. The van der Waals surface area contributed by atoms with Gasteiger partial charge in [0.2, 0.25) is 0 Å². The monoisotopic (exact) mass is 393 g/mol. The molecule has 1 aromatic carbocycles. The summed E-state index contributed by atoms with van der Waals surface area (Å²) in [7, 11) is 4.14.